The zero-order valence-electron chi connectivity index (χ0n) is 11.3. The van der Waals surface area contributed by atoms with Crippen LogP contribution in [0.2, 0.25) is 0 Å². The van der Waals surface area contributed by atoms with Crippen molar-refractivity contribution < 1.29 is 9.50 Å². The number of aliphatic hydroxyl groups is 1. The van der Waals surface area contributed by atoms with Gasteiger partial charge in [-0.1, -0.05) is 0 Å². The van der Waals surface area contributed by atoms with Crippen molar-refractivity contribution in [3.8, 4) is 0 Å². The lowest BCUT2D eigenvalue weighted by Crippen LogP contribution is -2.47. The summed E-state index contributed by atoms with van der Waals surface area (Å²) in [6.07, 6.45) is 2.05. The molecule has 2 aliphatic rings. The zero-order valence-corrected chi connectivity index (χ0v) is 11.3. The first-order valence-electron chi connectivity index (χ1n) is 7.11. The average Bonchev–Trinajstić information content (AvgIpc) is 3.23. The van der Waals surface area contributed by atoms with E-state index in [2.05, 4.69) is 9.80 Å². The molecule has 1 atom stereocenters. The van der Waals surface area contributed by atoms with Crippen LogP contribution in [-0.4, -0.2) is 42.2 Å². The average molecular weight is 264 g/mol. The minimum atomic E-state index is -0.632. The van der Waals surface area contributed by atoms with E-state index in [9.17, 15) is 9.50 Å². The van der Waals surface area contributed by atoms with Gasteiger partial charge >= 0.3 is 0 Å². The van der Waals surface area contributed by atoms with Crippen molar-refractivity contribution in [2.24, 2.45) is 0 Å². The second-order valence-corrected chi connectivity index (χ2v) is 5.63. The summed E-state index contributed by atoms with van der Waals surface area (Å²) in [6, 6.07) is 5.54. The Kier molecular flexibility index (Phi) is 3.46. The van der Waals surface area contributed by atoms with Gasteiger partial charge in [-0.2, -0.15) is 0 Å². The molecule has 1 saturated heterocycles. The lowest BCUT2D eigenvalue weighted by molar-refractivity contribution is 0.198. The van der Waals surface area contributed by atoms with E-state index in [0.717, 1.165) is 37.9 Å². The van der Waals surface area contributed by atoms with Gasteiger partial charge in [0.1, 0.15) is 5.82 Å². The highest BCUT2D eigenvalue weighted by molar-refractivity contribution is 5.55. The Morgan fingerprint density at radius 2 is 1.89 bits per heavy atom. The molecule has 1 N–H and O–H groups in total. The molecule has 1 aromatic carbocycles. The molecule has 1 saturated carbocycles. The van der Waals surface area contributed by atoms with Crippen molar-refractivity contribution in [3.63, 3.8) is 0 Å². The van der Waals surface area contributed by atoms with Crippen LogP contribution in [0.3, 0.4) is 0 Å². The minimum absolute atomic E-state index is 0.281. The Morgan fingerprint density at radius 1 is 1.21 bits per heavy atom. The highest BCUT2D eigenvalue weighted by Crippen LogP contribution is 2.31. The molecule has 1 unspecified atom stereocenters. The highest BCUT2D eigenvalue weighted by atomic mass is 19.1. The van der Waals surface area contributed by atoms with Crippen molar-refractivity contribution in [1.82, 2.24) is 4.90 Å². The molecule has 1 aliphatic carbocycles. The van der Waals surface area contributed by atoms with Gasteiger partial charge in [0.2, 0.25) is 0 Å². The maximum Gasteiger partial charge on any atom is 0.123 e. The van der Waals surface area contributed by atoms with E-state index < -0.39 is 6.10 Å². The molecule has 0 aromatic heterocycles. The van der Waals surface area contributed by atoms with Crippen LogP contribution in [0.15, 0.2) is 18.2 Å². The van der Waals surface area contributed by atoms with Gasteiger partial charge in [-0.3, -0.25) is 4.90 Å². The van der Waals surface area contributed by atoms with Crippen molar-refractivity contribution >= 4 is 5.69 Å². The molecule has 1 heterocycles. The maximum absolute atomic E-state index is 13.3. The second-order valence-electron chi connectivity index (χ2n) is 5.63. The number of hydrogen-bond donors (Lipinski definition) is 1. The van der Waals surface area contributed by atoms with Crippen LogP contribution in [0.4, 0.5) is 10.1 Å². The number of rotatable bonds is 3. The molecule has 0 bridgehead atoms. The molecule has 1 aliphatic heterocycles. The molecule has 2 fully saturated rings. The first-order chi connectivity index (χ1) is 9.15. The predicted molar refractivity (Wildman–Crippen MR) is 73.8 cm³/mol. The monoisotopic (exact) mass is 264 g/mol. The summed E-state index contributed by atoms with van der Waals surface area (Å²) in [4.78, 5) is 4.81. The molecule has 0 amide bonds. The summed E-state index contributed by atoms with van der Waals surface area (Å²) < 4.78 is 13.3. The largest absolute Gasteiger partial charge is 0.389 e. The van der Waals surface area contributed by atoms with Gasteiger partial charge in [0.25, 0.3) is 0 Å². The maximum atomic E-state index is 13.3. The predicted octanol–water partition coefficient (Wildman–Crippen LogP) is 2.16. The third-order valence-electron chi connectivity index (χ3n) is 4.16. The number of hydrogen-bond acceptors (Lipinski definition) is 3. The molecule has 19 heavy (non-hydrogen) atoms. The first-order valence-corrected chi connectivity index (χ1v) is 7.11. The summed E-state index contributed by atoms with van der Waals surface area (Å²) in [7, 11) is 0. The minimum Gasteiger partial charge on any atom is -0.389 e. The van der Waals surface area contributed by atoms with Crippen LogP contribution in [0.5, 0.6) is 0 Å². The summed E-state index contributed by atoms with van der Waals surface area (Å²) in [5, 5.41) is 9.81. The van der Waals surface area contributed by atoms with Gasteiger partial charge in [-0.25, -0.2) is 4.39 Å². The smallest absolute Gasteiger partial charge is 0.123 e. The van der Waals surface area contributed by atoms with E-state index in [4.69, 9.17) is 0 Å². The molecular weight excluding hydrogens is 243 g/mol. The quantitative estimate of drug-likeness (QED) is 0.906. The van der Waals surface area contributed by atoms with E-state index >= 15 is 0 Å². The summed E-state index contributed by atoms with van der Waals surface area (Å²) in [5.41, 5.74) is 1.67. The highest BCUT2D eigenvalue weighted by Gasteiger charge is 2.31. The Bertz CT molecular complexity index is 451. The molecule has 1 aromatic rings. The Balaban J connectivity index is 1.75. The molecule has 0 radical (unpaired) electrons. The Morgan fingerprint density at radius 3 is 2.47 bits per heavy atom. The summed E-state index contributed by atoms with van der Waals surface area (Å²) >= 11 is 0. The fraction of sp³-hybridized carbons (Fsp3) is 0.600. The van der Waals surface area contributed by atoms with Crippen LogP contribution in [0.1, 0.15) is 31.4 Å². The normalized spacial score (nSPS) is 22.6. The molecule has 3 nitrogen and oxygen atoms in total. The van der Waals surface area contributed by atoms with E-state index in [-0.39, 0.29) is 5.82 Å². The number of nitrogens with zero attached hydrogens (tertiary/aromatic N) is 2. The van der Waals surface area contributed by atoms with Crippen LogP contribution in [0, 0.1) is 5.82 Å². The molecule has 104 valence electrons. The van der Waals surface area contributed by atoms with Gasteiger partial charge in [-0.05, 0) is 38.0 Å². The lowest BCUT2D eigenvalue weighted by atomic mass is 10.1. The van der Waals surface area contributed by atoms with Gasteiger partial charge in [0.05, 0.1) is 6.10 Å². The van der Waals surface area contributed by atoms with E-state index in [1.54, 1.807) is 13.0 Å². The number of benzene rings is 1. The van der Waals surface area contributed by atoms with Crippen LogP contribution in [0.25, 0.3) is 0 Å². The van der Waals surface area contributed by atoms with Crippen molar-refractivity contribution in [2.45, 2.75) is 31.9 Å². The van der Waals surface area contributed by atoms with Crippen molar-refractivity contribution in [2.75, 3.05) is 31.1 Å². The van der Waals surface area contributed by atoms with E-state index in [1.165, 1.54) is 25.0 Å². The Hall–Kier alpha value is -1.13. The molecule has 3 rings (SSSR count). The summed E-state index contributed by atoms with van der Waals surface area (Å²) in [6.45, 7) is 5.75. The van der Waals surface area contributed by atoms with Crippen LogP contribution in [-0.2, 0) is 0 Å². The molecular formula is C15H21FN2O. The van der Waals surface area contributed by atoms with Crippen LogP contribution >= 0.6 is 0 Å². The fourth-order valence-corrected chi connectivity index (χ4v) is 2.92. The summed E-state index contributed by atoms with van der Waals surface area (Å²) in [5.74, 6) is -0.281. The fourth-order valence-electron chi connectivity index (χ4n) is 2.92. The molecule has 4 heteroatoms. The third-order valence-corrected chi connectivity index (χ3v) is 4.16. The number of aliphatic hydroxyl groups excluding tert-OH is 1. The standard InChI is InChI=1S/C15H21FN2O/c1-11(19)14-10-12(16)2-5-15(14)18-8-6-17(7-9-18)13-3-4-13/h2,5,10-11,13,19H,3-4,6-9H2,1H3. The number of halogens is 1. The lowest BCUT2D eigenvalue weighted by Gasteiger charge is -2.37. The molecule has 0 spiro atoms. The SMILES string of the molecule is CC(O)c1cc(F)ccc1N1CCN(C2CC2)CC1. The second kappa shape index (κ2) is 5.10. The van der Waals surface area contributed by atoms with Crippen molar-refractivity contribution in [3.05, 3.63) is 29.6 Å². The van der Waals surface area contributed by atoms with Gasteiger partial charge < -0.3 is 10.0 Å². The van der Waals surface area contributed by atoms with E-state index in [1.807, 2.05) is 0 Å². The van der Waals surface area contributed by atoms with Crippen LogP contribution < -0.4 is 4.90 Å². The topological polar surface area (TPSA) is 26.7 Å². The number of piperazine rings is 1. The Labute approximate surface area is 113 Å². The van der Waals surface area contributed by atoms with Crippen molar-refractivity contribution in [1.29, 1.82) is 0 Å². The van der Waals surface area contributed by atoms with Gasteiger partial charge in [0.15, 0.2) is 0 Å². The zero-order chi connectivity index (χ0) is 13.4. The van der Waals surface area contributed by atoms with Gasteiger partial charge in [0, 0.05) is 43.5 Å². The number of anilines is 1. The first kappa shape index (κ1) is 12.9. The van der Waals surface area contributed by atoms with E-state index in [0.29, 0.717) is 5.56 Å². The third kappa shape index (κ3) is 2.74. The van der Waals surface area contributed by atoms with Gasteiger partial charge in [-0.15, -0.1) is 0 Å².